The number of carbonyl (C=O) groups is 1. The predicted octanol–water partition coefficient (Wildman–Crippen LogP) is 3.02. The number of rotatable bonds is 7. The number of aliphatic hydroxyl groups is 2. The second kappa shape index (κ2) is 7.64. The van der Waals surface area contributed by atoms with Crippen LogP contribution in [0.1, 0.15) is 26.2 Å². The molecule has 0 aromatic heterocycles. The molecule has 0 amide bonds. The van der Waals surface area contributed by atoms with E-state index in [2.05, 4.69) is 0 Å². The van der Waals surface area contributed by atoms with Crippen molar-refractivity contribution < 1.29 is 41.4 Å². The normalized spacial score (nSPS) is 19.0. The van der Waals surface area contributed by atoms with Gasteiger partial charge in [-0.3, -0.25) is 4.79 Å². The van der Waals surface area contributed by atoms with Crippen LogP contribution in [0.2, 0.25) is 0 Å². The molecule has 126 valence electrons. The van der Waals surface area contributed by atoms with E-state index in [0.29, 0.717) is 0 Å². The number of hydrogen-bond donors (Lipinski definition) is 2. The van der Waals surface area contributed by atoms with Crippen molar-refractivity contribution in [3.05, 3.63) is 0 Å². The first-order chi connectivity index (χ1) is 9.32. The van der Waals surface area contributed by atoms with Crippen molar-refractivity contribution in [1.29, 1.82) is 0 Å². The molecule has 0 radical (unpaired) electrons. The minimum Gasteiger partial charge on any atom is -0.392 e. The quantitative estimate of drug-likeness (QED) is 0.551. The van der Waals surface area contributed by atoms with E-state index in [1.807, 2.05) is 0 Å². The summed E-state index contributed by atoms with van der Waals surface area (Å²) < 4.78 is 75.8. The Morgan fingerprint density at radius 1 is 1.05 bits per heavy atom. The average molecular weight is 345 g/mol. The molecule has 0 bridgehead atoms. The first kappa shape index (κ1) is 20.5. The van der Waals surface area contributed by atoms with E-state index < -0.39 is 48.1 Å². The van der Waals surface area contributed by atoms with Gasteiger partial charge in [-0.05, 0) is 24.4 Å². The van der Waals surface area contributed by atoms with Gasteiger partial charge in [-0.1, -0.05) is 13.3 Å². The molecule has 0 heterocycles. The van der Waals surface area contributed by atoms with Crippen molar-refractivity contribution >= 4 is 16.8 Å². The summed E-state index contributed by atoms with van der Waals surface area (Å²) in [6.45, 7) is 1.48. The van der Waals surface area contributed by atoms with Crippen molar-refractivity contribution in [1.82, 2.24) is 0 Å². The smallest absolute Gasteiger partial charge is 0.392 e. The van der Waals surface area contributed by atoms with Gasteiger partial charge < -0.3 is 10.2 Å². The Balaban J connectivity index is 5.20. The highest BCUT2D eigenvalue weighted by Gasteiger charge is 2.52. The van der Waals surface area contributed by atoms with Crippen molar-refractivity contribution in [3.63, 3.8) is 0 Å². The predicted molar refractivity (Wildman–Crippen MR) is 61.5 cm³/mol. The summed E-state index contributed by atoms with van der Waals surface area (Å²) in [6.07, 6.45) is -16.5. The standard InChI is InChI=1S/C11H15ClF6O3/c1-2-3-6(19)5(10(13,14)15)4-7(20)8(9(12)21)11(16,17)18/h5-8,19-20H,2-4H2,1H3. The number of alkyl halides is 6. The molecule has 0 aromatic rings. The topological polar surface area (TPSA) is 57.5 Å². The van der Waals surface area contributed by atoms with Crippen LogP contribution in [0.15, 0.2) is 0 Å². The maximum atomic E-state index is 12.7. The van der Waals surface area contributed by atoms with E-state index in [0.717, 1.165) is 0 Å². The Morgan fingerprint density at radius 3 is 1.81 bits per heavy atom. The van der Waals surface area contributed by atoms with Crippen LogP contribution in [-0.2, 0) is 4.79 Å². The maximum absolute atomic E-state index is 12.7. The lowest BCUT2D eigenvalue weighted by Crippen LogP contribution is -2.43. The van der Waals surface area contributed by atoms with Crippen molar-refractivity contribution in [2.45, 2.75) is 50.7 Å². The Kier molecular flexibility index (Phi) is 7.44. The zero-order valence-electron chi connectivity index (χ0n) is 10.9. The van der Waals surface area contributed by atoms with Crippen LogP contribution in [0.5, 0.6) is 0 Å². The molecule has 0 aliphatic rings. The van der Waals surface area contributed by atoms with Crippen molar-refractivity contribution in [2.24, 2.45) is 11.8 Å². The third kappa shape index (κ3) is 6.39. The van der Waals surface area contributed by atoms with Crippen LogP contribution in [-0.4, -0.2) is 40.0 Å². The second-order valence-electron chi connectivity index (χ2n) is 4.63. The Labute approximate surface area is 121 Å². The highest BCUT2D eigenvalue weighted by Crippen LogP contribution is 2.38. The third-order valence-electron chi connectivity index (χ3n) is 2.95. The summed E-state index contributed by atoms with van der Waals surface area (Å²) in [5.41, 5.74) is 0. The first-order valence-corrected chi connectivity index (χ1v) is 6.39. The van der Waals surface area contributed by atoms with Gasteiger partial charge in [-0.15, -0.1) is 0 Å². The van der Waals surface area contributed by atoms with E-state index in [1.165, 1.54) is 6.92 Å². The van der Waals surface area contributed by atoms with Crippen LogP contribution in [0.4, 0.5) is 26.3 Å². The van der Waals surface area contributed by atoms with Crippen LogP contribution in [0, 0.1) is 11.8 Å². The Bertz CT molecular complexity index is 344. The van der Waals surface area contributed by atoms with Gasteiger partial charge in [-0.2, -0.15) is 26.3 Å². The number of carbonyl (C=O) groups excluding carboxylic acids is 1. The molecular formula is C11H15ClF6O3. The van der Waals surface area contributed by atoms with Crippen LogP contribution in [0.3, 0.4) is 0 Å². The molecule has 0 aromatic carbocycles. The Hall–Kier alpha value is -0.540. The zero-order chi connectivity index (χ0) is 17.0. The fourth-order valence-electron chi connectivity index (χ4n) is 1.90. The van der Waals surface area contributed by atoms with E-state index in [9.17, 15) is 41.4 Å². The van der Waals surface area contributed by atoms with Gasteiger partial charge in [0, 0.05) is 0 Å². The molecule has 10 heteroatoms. The summed E-state index contributed by atoms with van der Waals surface area (Å²) in [5.74, 6) is -5.70. The SMILES string of the molecule is CCCC(O)C(CC(O)C(C(=O)Cl)C(F)(F)F)C(F)(F)F. The molecule has 4 atom stereocenters. The van der Waals surface area contributed by atoms with Gasteiger partial charge in [0.25, 0.3) is 0 Å². The second-order valence-corrected chi connectivity index (χ2v) is 5.00. The average Bonchev–Trinajstić information content (AvgIpc) is 2.21. The number of hydrogen-bond acceptors (Lipinski definition) is 3. The fraction of sp³-hybridized carbons (Fsp3) is 0.909. The lowest BCUT2D eigenvalue weighted by Gasteiger charge is -2.30. The summed E-state index contributed by atoms with van der Waals surface area (Å²) >= 11 is 4.70. The minimum atomic E-state index is -5.27. The summed E-state index contributed by atoms with van der Waals surface area (Å²) in [7, 11) is 0. The van der Waals surface area contributed by atoms with Gasteiger partial charge in [0.2, 0.25) is 5.24 Å². The Morgan fingerprint density at radius 2 is 1.52 bits per heavy atom. The maximum Gasteiger partial charge on any atom is 0.402 e. The number of aliphatic hydroxyl groups excluding tert-OH is 2. The molecule has 21 heavy (non-hydrogen) atoms. The summed E-state index contributed by atoms with van der Waals surface area (Å²) in [4.78, 5) is 10.7. The van der Waals surface area contributed by atoms with E-state index in [4.69, 9.17) is 11.6 Å². The molecule has 4 unspecified atom stereocenters. The molecule has 3 nitrogen and oxygen atoms in total. The largest absolute Gasteiger partial charge is 0.402 e. The van der Waals surface area contributed by atoms with Gasteiger partial charge in [0.15, 0.2) is 5.92 Å². The molecule has 0 rings (SSSR count). The van der Waals surface area contributed by atoms with Crippen LogP contribution < -0.4 is 0 Å². The van der Waals surface area contributed by atoms with Crippen molar-refractivity contribution in [3.8, 4) is 0 Å². The zero-order valence-corrected chi connectivity index (χ0v) is 11.6. The minimum absolute atomic E-state index is 0.168. The van der Waals surface area contributed by atoms with Gasteiger partial charge in [0.05, 0.1) is 18.1 Å². The van der Waals surface area contributed by atoms with Crippen LogP contribution >= 0.6 is 11.6 Å². The third-order valence-corrected chi connectivity index (χ3v) is 3.18. The van der Waals surface area contributed by atoms with E-state index >= 15 is 0 Å². The summed E-state index contributed by atoms with van der Waals surface area (Å²) in [5, 5.41) is 16.7. The molecule has 0 aliphatic heterocycles. The van der Waals surface area contributed by atoms with E-state index in [1.54, 1.807) is 0 Å². The molecule has 2 N–H and O–H groups in total. The van der Waals surface area contributed by atoms with Crippen molar-refractivity contribution in [2.75, 3.05) is 0 Å². The lowest BCUT2D eigenvalue weighted by atomic mass is 9.87. The molecule has 0 aliphatic carbocycles. The first-order valence-electron chi connectivity index (χ1n) is 6.01. The molecule has 0 saturated heterocycles. The molecular weight excluding hydrogens is 330 g/mol. The van der Waals surface area contributed by atoms with Gasteiger partial charge in [0.1, 0.15) is 0 Å². The monoisotopic (exact) mass is 344 g/mol. The fourth-order valence-corrected chi connectivity index (χ4v) is 2.17. The lowest BCUT2D eigenvalue weighted by molar-refractivity contribution is -0.226. The van der Waals surface area contributed by atoms with Crippen LogP contribution in [0.25, 0.3) is 0 Å². The molecule has 0 saturated carbocycles. The van der Waals surface area contributed by atoms with Gasteiger partial charge >= 0.3 is 12.4 Å². The molecule has 0 spiro atoms. The van der Waals surface area contributed by atoms with Gasteiger partial charge in [-0.25, -0.2) is 0 Å². The number of halogens is 7. The van der Waals surface area contributed by atoms with E-state index in [-0.39, 0.29) is 12.8 Å². The highest BCUT2D eigenvalue weighted by molar-refractivity contribution is 6.64. The molecule has 0 fully saturated rings. The summed E-state index contributed by atoms with van der Waals surface area (Å²) in [6, 6.07) is 0. The highest BCUT2D eigenvalue weighted by atomic mass is 35.5.